The van der Waals surface area contributed by atoms with Crippen molar-refractivity contribution in [2.24, 2.45) is 0 Å². The van der Waals surface area contributed by atoms with Crippen molar-refractivity contribution >= 4 is 21.4 Å². The Morgan fingerprint density at radius 3 is 2.14 bits per heavy atom. The number of hydrogen-bond donors (Lipinski definition) is 0. The van der Waals surface area contributed by atoms with Gasteiger partial charge in [-0.25, -0.2) is 8.42 Å². The molecule has 2 aromatic rings. The molecule has 7 heteroatoms. The van der Waals surface area contributed by atoms with Crippen LogP contribution in [-0.4, -0.2) is 19.9 Å². The number of sulfone groups is 1. The van der Waals surface area contributed by atoms with Crippen LogP contribution in [-0.2, 0) is 9.84 Å². The molecule has 0 aromatic heterocycles. The van der Waals surface area contributed by atoms with Crippen molar-refractivity contribution in [3.05, 3.63) is 75.3 Å². The number of hydrogen-bond acceptors (Lipinski definition) is 4. The number of nitro groups is 1. The molecule has 0 aliphatic rings. The van der Waals surface area contributed by atoms with Crippen molar-refractivity contribution in [1.29, 1.82) is 0 Å². The first-order chi connectivity index (χ1) is 9.91. The summed E-state index contributed by atoms with van der Waals surface area (Å²) in [6, 6.07) is 13.8. The molecule has 0 fully saturated rings. The molecule has 0 spiro atoms. The summed E-state index contributed by atoms with van der Waals surface area (Å²) in [6.07, 6.45) is 0. The Bertz CT molecular complexity index is 729. The lowest BCUT2D eigenvalue weighted by Crippen LogP contribution is -2.22. The molecule has 5 nitrogen and oxygen atoms in total. The highest BCUT2D eigenvalue weighted by Crippen LogP contribution is 2.29. The third-order valence-corrected chi connectivity index (χ3v) is 5.35. The molecule has 0 N–H and O–H groups in total. The molecular weight excluding hydrogens is 314 g/mol. The normalized spacial score (nSPS) is 12.8. The molecule has 0 aliphatic heterocycles. The average molecular weight is 326 g/mol. The van der Waals surface area contributed by atoms with E-state index >= 15 is 0 Å². The lowest BCUT2D eigenvalue weighted by molar-refractivity contribution is -0.479. The van der Waals surface area contributed by atoms with Crippen LogP contribution in [0.25, 0.3) is 0 Å². The molecule has 1 atom stereocenters. The van der Waals surface area contributed by atoms with E-state index in [-0.39, 0.29) is 4.90 Å². The van der Waals surface area contributed by atoms with Crippen LogP contribution in [0.5, 0.6) is 0 Å². The Kier molecular flexibility index (Phi) is 4.59. The first-order valence-electron chi connectivity index (χ1n) is 6.07. The standard InChI is InChI=1S/C14H12ClNO4S/c15-12-6-8-13(9-7-12)21(19,20)14(10-16(17)18)11-4-2-1-3-5-11/h1-9,14H,10H2. The van der Waals surface area contributed by atoms with Crippen LogP contribution in [0.1, 0.15) is 10.8 Å². The average Bonchev–Trinajstić information content (AvgIpc) is 2.46. The van der Waals surface area contributed by atoms with Gasteiger partial charge in [-0.1, -0.05) is 41.9 Å². The van der Waals surface area contributed by atoms with Gasteiger partial charge in [0.15, 0.2) is 15.1 Å². The Balaban J connectivity index is 2.49. The molecule has 0 bridgehead atoms. The Morgan fingerprint density at radius 2 is 1.62 bits per heavy atom. The van der Waals surface area contributed by atoms with Gasteiger partial charge in [-0.3, -0.25) is 10.1 Å². The van der Waals surface area contributed by atoms with E-state index in [1.807, 2.05) is 0 Å². The van der Waals surface area contributed by atoms with Gasteiger partial charge in [0.1, 0.15) is 0 Å². The van der Waals surface area contributed by atoms with Crippen molar-refractivity contribution < 1.29 is 13.3 Å². The Hall–Kier alpha value is -1.92. The van der Waals surface area contributed by atoms with Gasteiger partial charge in [0.25, 0.3) is 0 Å². The molecule has 0 amide bonds. The Morgan fingerprint density at radius 1 is 1.05 bits per heavy atom. The number of rotatable bonds is 5. The van der Waals surface area contributed by atoms with Gasteiger partial charge in [0.05, 0.1) is 4.90 Å². The summed E-state index contributed by atoms with van der Waals surface area (Å²) in [5, 5.41) is 10.0. The van der Waals surface area contributed by atoms with Crippen LogP contribution in [0.3, 0.4) is 0 Å². The van der Waals surface area contributed by atoms with Crippen LogP contribution in [0, 0.1) is 10.1 Å². The fourth-order valence-electron chi connectivity index (χ4n) is 1.97. The molecule has 0 radical (unpaired) electrons. The molecule has 1 unspecified atom stereocenters. The Labute approximate surface area is 127 Å². The quantitative estimate of drug-likeness (QED) is 0.625. The highest BCUT2D eigenvalue weighted by atomic mass is 35.5. The lowest BCUT2D eigenvalue weighted by Gasteiger charge is -2.14. The fourth-order valence-corrected chi connectivity index (χ4v) is 3.78. The summed E-state index contributed by atoms with van der Waals surface area (Å²) in [6.45, 7) is -0.686. The van der Waals surface area contributed by atoms with Crippen molar-refractivity contribution in [2.45, 2.75) is 10.1 Å². The molecule has 0 saturated carbocycles. The molecule has 0 saturated heterocycles. The van der Waals surface area contributed by atoms with Crippen LogP contribution in [0.4, 0.5) is 0 Å². The second-order valence-corrected chi connectivity index (χ2v) is 6.98. The predicted octanol–water partition coefficient (Wildman–Crippen LogP) is 3.13. The summed E-state index contributed by atoms with van der Waals surface area (Å²) >= 11 is 5.74. The molecule has 110 valence electrons. The maximum atomic E-state index is 12.6. The van der Waals surface area contributed by atoms with Gasteiger partial charge in [0, 0.05) is 9.95 Å². The highest BCUT2D eigenvalue weighted by molar-refractivity contribution is 7.91. The van der Waals surface area contributed by atoms with Gasteiger partial charge in [-0.05, 0) is 29.8 Å². The van der Waals surface area contributed by atoms with Crippen LogP contribution < -0.4 is 0 Å². The van der Waals surface area contributed by atoms with Crippen LogP contribution in [0.15, 0.2) is 59.5 Å². The molecule has 0 heterocycles. The zero-order chi connectivity index (χ0) is 15.5. The SMILES string of the molecule is O=[N+]([O-])CC(c1ccccc1)S(=O)(=O)c1ccc(Cl)cc1. The zero-order valence-electron chi connectivity index (χ0n) is 10.8. The minimum atomic E-state index is -3.87. The summed E-state index contributed by atoms with van der Waals surface area (Å²) in [7, 11) is -3.87. The van der Waals surface area contributed by atoms with Gasteiger partial charge >= 0.3 is 0 Å². The van der Waals surface area contributed by atoms with Crippen molar-refractivity contribution in [3.8, 4) is 0 Å². The van der Waals surface area contributed by atoms with E-state index in [1.165, 1.54) is 24.3 Å². The predicted molar refractivity (Wildman–Crippen MR) is 79.7 cm³/mol. The third kappa shape index (κ3) is 3.59. The van der Waals surface area contributed by atoms with Crippen molar-refractivity contribution in [2.75, 3.05) is 6.54 Å². The van der Waals surface area contributed by atoms with Gasteiger partial charge in [-0.15, -0.1) is 0 Å². The summed E-state index contributed by atoms with van der Waals surface area (Å²) < 4.78 is 25.3. The van der Waals surface area contributed by atoms with Gasteiger partial charge in [0.2, 0.25) is 6.54 Å². The minimum absolute atomic E-state index is 0.0163. The summed E-state index contributed by atoms with van der Waals surface area (Å²) in [5.74, 6) is 0. The van der Waals surface area contributed by atoms with Crippen LogP contribution in [0.2, 0.25) is 5.02 Å². The van der Waals surface area contributed by atoms with E-state index in [9.17, 15) is 18.5 Å². The van der Waals surface area contributed by atoms with Crippen molar-refractivity contribution in [1.82, 2.24) is 0 Å². The molecule has 21 heavy (non-hydrogen) atoms. The van der Waals surface area contributed by atoms with Crippen LogP contribution >= 0.6 is 11.6 Å². The zero-order valence-corrected chi connectivity index (χ0v) is 12.4. The van der Waals surface area contributed by atoms with E-state index in [0.717, 1.165) is 0 Å². The lowest BCUT2D eigenvalue weighted by atomic mass is 10.1. The number of benzene rings is 2. The second-order valence-electron chi connectivity index (χ2n) is 4.41. The van der Waals surface area contributed by atoms with E-state index in [0.29, 0.717) is 10.6 Å². The molecule has 0 aliphatic carbocycles. The number of nitrogens with zero attached hydrogens (tertiary/aromatic N) is 1. The molecular formula is C14H12ClNO4S. The van der Waals surface area contributed by atoms with E-state index in [4.69, 9.17) is 11.6 Å². The fraction of sp³-hybridized carbons (Fsp3) is 0.143. The van der Waals surface area contributed by atoms with E-state index < -0.39 is 26.6 Å². The smallest absolute Gasteiger partial charge is 0.225 e. The second kappa shape index (κ2) is 6.24. The molecule has 2 aromatic carbocycles. The van der Waals surface area contributed by atoms with E-state index in [1.54, 1.807) is 30.3 Å². The highest BCUT2D eigenvalue weighted by Gasteiger charge is 2.33. The number of halogens is 1. The third-order valence-electron chi connectivity index (χ3n) is 3.00. The first-order valence-corrected chi connectivity index (χ1v) is 8.00. The maximum Gasteiger partial charge on any atom is 0.225 e. The first kappa shape index (κ1) is 15.5. The minimum Gasteiger partial charge on any atom is -0.264 e. The summed E-state index contributed by atoms with van der Waals surface area (Å²) in [4.78, 5) is 10.2. The van der Waals surface area contributed by atoms with E-state index in [2.05, 4.69) is 0 Å². The molecule has 2 rings (SSSR count). The maximum absolute atomic E-state index is 12.6. The van der Waals surface area contributed by atoms with Crippen molar-refractivity contribution in [3.63, 3.8) is 0 Å². The summed E-state index contributed by atoms with van der Waals surface area (Å²) in [5.41, 5.74) is 0.393. The van der Waals surface area contributed by atoms with Gasteiger partial charge in [-0.2, -0.15) is 0 Å². The largest absolute Gasteiger partial charge is 0.264 e. The monoisotopic (exact) mass is 325 g/mol. The topological polar surface area (TPSA) is 77.3 Å². The van der Waals surface area contributed by atoms with Gasteiger partial charge < -0.3 is 0 Å².